The molecule has 1 unspecified atom stereocenters. The van der Waals surface area contributed by atoms with Crippen molar-refractivity contribution in [3.05, 3.63) is 0 Å². The normalized spacial score (nSPS) is 9.00. The summed E-state index contributed by atoms with van der Waals surface area (Å²) in [5.74, 6) is 0. The van der Waals surface area contributed by atoms with E-state index in [0.29, 0.717) is 0 Å². The van der Waals surface area contributed by atoms with E-state index in [2.05, 4.69) is 13.8 Å². The molecule has 0 aromatic carbocycles. The highest BCUT2D eigenvalue weighted by molar-refractivity contribution is 7.30. The Morgan fingerprint density at radius 1 is 1.12 bits per heavy atom. The van der Waals surface area contributed by atoms with Gasteiger partial charge >= 0.3 is 0 Å². The Kier molecular flexibility index (Phi) is 22.0. The van der Waals surface area contributed by atoms with Crippen molar-refractivity contribution in [2.45, 2.75) is 33.6 Å². The first-order valence-electron chi connectivity index (χ1n) is 3.20. The summed E-state index contributed by atoms with van der Waals surface area (Å²) in [7, 11) is 0.140. The van der Waals surface area contributed by atoms with Crippen LogP contribution in [0.1, 0.15) is 33.6 Å². The molecule has 0 radical (unpaired) electrons. The number of hydrogen-bond donors (Lipinski definition) is 1. The zero-order valence-electron chi connectivity index (χ0n) is 6.07. The van der Waals surface area contributed by atoms with Gasteiger partial charge in [0.25, 0.3) is 0 Å². The second-order valence-electron chi connectivity index (χ2n) is 1.51. The van der Waals surface area contributed by atoms with Crippen LogP contribution in [0, 0.1) is 0 Å². The van der Waals surface area contributed by atoms with Crippen LogP contribution in [-0.4, -0.2) is 11.1 Å². The summed E-state index contributed by atoms with van der Waals surface area (Å²) < 4.78 is 0. The van der Waals surface area contributed by atoms with Gasteiger partial charge in [-0.1, -0.05) is 33.6 Å². The van der Waals surface area contributed by atoms with Gasteiger partial charge in [-0.25, -0.2) is 0 Å². The van der Waals surface area contributed by atoms with Crippen molar-refractivity contribution in [2.75, 3.05) is 6.16 Å². The van der Waals surface area contributed by atoms with Crippen LogP contribution in [0.5, 0.6) is 0 Å². The summed E-state index contributed by atoms with van der Waals surface area (Å²) in [6.45, 7) is 6.30. The van der Waals surface area contributed by atoms with Gasteiger partial charge in [0.05, 0.1) is 0 Å². The molecule has 0 heterocycles. The van der Waals surface area contributed by atoms with E-state index >= 15 is 0 Å². The molecule has 0 fully saturated rings. The lowest BCUT2D eigenvalue weighted by atomic mass is 10.4. The highest BCUT2D eigenvalue weighted by Gasteiger charge is 1.57. The van der Waals surface area contributed by atoms with Crippen LogP contribution in [0.4, 0.5) is 0 Å². The predicted molar refractivity (Wildman–Crippen MR) is 41.7 cm³/mol. The van der Waals surface area contributed by atoms with E-state index < -0.39 is 0 Å². The number of unbranched alkanes of at least 4 members (excludes halogenated alkanes) is 1. The van der Waals surface area contributed by atoms with Crippen molar-refractivity contribution in [1.82, 2.24) is 0 Å². The molecule has 0 rings (SSSR count). The Balaban J connectivity index is 0. The molecule has 1 atom stereocenters. The minimum Gasteiger partial charge on any atom is -0.377 e. The maximum atomic E-state index is 7.90. The summed E-state index contributed by atoms with van der Waals surface area (Å²) in [5, 5.41) is 0. The van der Waals surface area contributed by atoms with Crippen LogP contribution in [0.15, 0.2) is 0 Å². The van der Waals surface area contributed by atoms with E-state index in [4.69, 9.17) is 4.89 Å². The van der Waals surface area contributed by atoms with Crippen LogP contribution >= 0.6 is 8.81 Å². The third kappa shape index (κ3) is 32.5. The smallest absolute Gasteiger partial charge is 0.0104 e. The third-order valence-electron chi connectivity index (χ3n) is 0.658. The van der Waals surface area contributed by atoms with E-state index in [0.717, 1.165) is 6.16 Å². The van der Waals surface area contributed by atoms with Crippen molar-refractivity contribution >= 4 is 8.81 Å². The summed E-state index contributed by atoms with van der Waals surface area (Å²) in [6.07, 6.45) is 3.54. The van der Waals surface area contributed by atoms with E-state index in [1.54, 1.807) is 0 Å². The van der Waals surface area contributed by atoms with E-state index in [9.17, 15) is 0 Å². The van der Waals surface area contributed by atoms with Gasteiger partial charge in [0, 0.05) is 8.81 Å². The molecule has 8 heavy (non-hydrogen) atoms. The third-order valence-corrected chi connectivity index (χ3v) is 0.974. The highest BCUT2D eigenvalue weighted by atomic mass is 31.1. The van der Waals surface area contributed by atoms with Gasteiger partial charge < -0.3 is 4.89 Å². The zero-order valence-corrected chi connectivity index (χ0v) is 7.07. The molecule has 0 aliphatic rings. The highest BCUT2D eigenvalue weighted by Crippen LogP contribution is 1.94. The predicted octanol–water partition coefficient (Wildman–Crippen LogP) is 2.40. The molecule has 0 aliphatic heterocycles. The molecular weight excluding hydrogens is 119 g/mol. The van der Waals surface area contributed by atoms with Crippen molar-refractivity contribution in [1.29, 1.82) is 0 Å². The lowest BCUT2D eigenvalue weighted by Crippen LogP contribution is -1.48. The lowest BCUT2D eigenvalue weighted by molar-refractivity contribution is 0.646. The Bertz CT molecular complexity index is 16.5. The average molecular weight is 136 g/mol. The van der Waals surface area contributed by atoms with E-state index in [-0.39, 0.29) is 8.81 Å². The van der Waals surface area contributed by atoms with Gasteiger partial charge in [0.15, 0.2) is 0 Å². The van der Waals surface area contributed by atoms with Gasteiger partial charge in [-0.15, -0.1) is 0 Å². The molecule has 0 aliphatic carbocycles. The van der Waals surface area contributed by atoms with E-state index in [1.165, 1.54) is 12.8 Å². The Hall–Kier alpha value is 0.390. The molecule has 0 saturated heterocycles. The molecule has 1 nitrogen and oxygen atoms in total. The molecule has 0 aromatic rings. The lowest BCUT2D eigenvalue weighted by Gasteiger charge is -1.69. The summed E-state index contributed by atoms with van der Waals surface area (Å²) in [5.41, 5.74) is 0. The van der Waals surface area contributed by atoms with Crippen LogP contribution in [0.25, 0.3) is 0 Å². The average Bonchev–Trinajstić information content (AvgIpc) is 1.88. The Morgan fingerprint density at radius 3 is 1.38 bits per heavy atom. The quantitative estimate of drug-likeness (QED) is 0.578. The van der Waals surface area contributed by atoms with Gasteiger partial charge in [-0.05, 0) is 6.16 Å². The first-order valence-corrected chi connectivity index (χ1v) is 4.35. The fourth-order valence-electron chi connectivity index (χ4n) is 0. The molecule has 0 amide bonds. The molecule has 0 bridgehead atoms. The fourth-order valence-corrected chi connectivity index (χ4v) is 0. The van der Waals surface area contributed by atoms with Crippen molar-refractivity contribution in [2.24, 2.45) is 0 Å². The monoisotopic (exact) mass is 136 g/mol. The number of hydrogen-bond acceptors (Lipinski definition) is 1. The summed E-state index contributed by atoms with van der Waals surface area (Å²) >= 11 is 0. The molecule has 0 saturated carbocycles. The maximum absolute atomic E-state index is 7.90. The van der Waals surface area contributed by atoms with Gasteiger partial charge in [0.1, 0.15) is 0 Å². The van der Waals surface area contributed by atoms with Crippen LogP contribution in [0.2, 0.25) is 0 Å². The van der Waals surface area contributed by atoms with Crippen LogP contribution in [-0.2, 0) is 0 Å². The topological polar surface area (TPSA) is 20.2 Å². The Labute approximate surface area is 54.4 Å². The van der Waals surface area contributed by atoms with Crippen molar-refractivity contribution < 1.29 is 4.89 Å². The van der Waals surface area contributed by atoms with Crippen LogP contribution < -0.4 is 0 Å². The summed E-state index contributed by atoms with van der Waals surface area (Å²) in [6, 6.07) is 0. The molecule has 52 valence electrons. The van der Waals surface area contributed by atoms with Crippen molar-refractivity contribution in [3.63, 3.8) is 0 Å². The van der Waals surface area contributed by atoms with E-state index in [1.807, 2.05) is 6.92 Å². The molecule has 2 heteroatoms. The molecular formula is C6H17OP. The molecule has 0 aromatic heterocycles. The number of rotatable bonds is 2. The standard InChI is InChI=1S/C4H10.C2H7OP/c1-3-4-2;1-2-4-3/h3-4H2,1-2H3;3-4H,2H2,1H3. The van der Waals surface area contributed by atoms with Crippen LogP contribution in [0.3, 0.4) is 0 Å². The first-order chi connectivity index (χ1) is 3.83. The minimum atomic E-state index is 0.140. The van der Waals surface area contributed by atoms with Crippen molar-refractivity contribution in [3.8, 4) is 0 Å². The Morgan fingerprint density at radius 2 is 1.38 bits per heavy atom. The van der Waals surface area contributed by atoms with Gasteiger partial charge in [0.2, 0.25) is 0 Å². The molecule has 0 spiro atoms. The van der Waals surface area contributed by atoms with Gasteiger partial charge in [-0.2, -0.15) is 0 Å². The largest absolute Gasteiger partial charge is 0.377 e. The summed E-state index contributed by atoms with van der Waals surface area (Å²) in [4.78, 5) is 7.90. The maximum Gasteiger partial charge on any atom is 0.0104 e. The zero-order chi connectivity index (χ0) is 6.83. The first kappa shape index (κ1) is 11.2. The molecule has 1 N–H and O–H groups in total. The second-order valence-corrected chi connectivity index (χ2v) is 2.54. The minimum absolute atomic E-state index is 0.140. The fraction of sp³-hybridized carbons (Fsp3) is 1.00. The SMILES string of the molecule is CCCC.CCPO. The van der Waals surface area contributed by atoms with Gasteiger partial charge in [-0.3, -0.25) is 0 Å². The second kappa shape index (κ2) is 15.7.